The van der Waals surface area contributed by atoms with Crippen LogP contribution in [0.4, 0.5) is 0 Å². The second-order valence-corrected chi connectivity index (χ2v) is 7.72. The minimum Gasteiger partial charge on any atom is -0.264 e. The van der Waals surface area contributed by atoms with Crippen molar-refractivity contribution in [3.63, 3.8) is 0 Å². The van der Waals surface area contributed by atoms with E-state index < -0.39 is 9.84 Å². The summed E-state index contributed by atoms with van der Waals surface area (Å²) >= 11 is 2.12. The van der Waals surface area contributed by atoms with Gasteiger partial charge in [-0.2, -0.15) is 0 Å². The first kappa shape index (κ1) is 15.1. The van der Waals surface area contributed by atoms with Gasteiger partial charge in [0.15, 0.2) is 0 Å². The van der Waals surface area contributed by atoms with Crippen molar-refractivity contribution in [1.29, 1.82) is 0 Å². The van der Waals surface area contributed by atoms with Gasteiger partial charge >= 0.3 is 0 Å². The molecule has 0 fully saturated rings. The van der Waals surface area contributed by atoms with Crippen LogP contribution >= 0.6 is 22.6 Å². The highest BCUT2D eigenvalue weighted by molar-refractivity contribution is 14.1. The summed E-state index contributed by atoms with van der Waals surface area (Å²) in [6, 6.07) is 10.3. The second-order valence-electron chi connectivity index (χ2n) is 4.57. The highest BCUT2D eigenvalue weighted by Crippen LogP contribution is 2.19. The van der Waals surface area contributed by atoms with Crippen LogP contribution in [-0.2, 0) is 16.4 Å². The molecule has 3 rings (SSSR count). The van der Waals surface area contributed by atoms with E-state index in [1.54, 1.807) is 36.7 Å². The molecule has 0 radical (unpaired) electrons. The molecular weight excluding hydrogens is 415 g/mol. The molecule has 0 saturated carbocycles. The molecule has 0 atom stereocenters. The Bertz CT molecular complexity index is 877. The summed E-state index contributed by atoms with van der Waals surface area (Å²) in [5, 5.41) is 7.61. The van der Waals surface area contributed by atoms with Crippen LogP contribution in [0.5, 0.6) is 0 Å². The fourth-order valence-corrected chi connectivity index (χ4v) is 3.39. The first-order valence-electron chi connectivity index (χ1n) is 6.35. The van der Waals surface area contributed by atoms with Crippen molar-refractivity contribution in [2.75, 3.05) is 0 Å². The van der Waals surface area contributed by atoms with E-state index in [1.165, 1.54) is 10.9 Å². The van der Waals surface area contributed by atoms with Crippen LogP contribution in [-0.4, -0.2) is 28.4 Å². The third kappa shape index (κ3) is 3.17. The molecule has 8 heteroatoms. The van der Waals surface area contributed by atoms with E-state index in [4.69, 9.17) is 0 Å². The van der Waals surface area contributed by atoms with Crippen molar-refractivity contribution in [3.05, 3.63) is 64.1 Å². The summed E-state index contributed by atoms with van der Waals surface area (Å²) < 4.78 is 27.4. The molecule has 0 amide bonds. The van der Waals surface area contributed by atoms with Crippen LogP contribution in [0, 0.1) is 3.57 Å². The lowest BCUT2D eigenvalue weighted by molar-refractivity contribution is 0.591. The molecule has 6 nitrogen and oxygen atoms in total. The molecule has 0 aliphatic rings. The van der Waals surface area contributed by atoms with E-state index in [1.807, 2.05) is 12.1 Å². The number of nitrogens with zero attached hydrogens (tertiary/aromatic N) is 4. The molecule has 0 bridgehead atoms. The minimum absolute atomic E-state index is 0.0578. The smallest absolute Gasteiger partial charge is 0.227 e. The molecule has 112 valence electrons. The summed E-state index contributed by atoms with van der Waals surface area (Å²) in [6.07, 6.45) is 4.81. The van der Waals surface area contributed by atoms with Crippen LogP contribution in [0.15, 0.2) is 64.9 Å². The van der Waals surface area contributed by atoms with Crippen molar-refractivity contribution in [3.8, 4) is 0 Å². The Balaban J connectivity index is 1.88. The van der Waals surface area contributed by atoms with Crippen LogP contribution in [0.3, 0.4) is 0 Å². The number of sulfone groups is 1. The number of rotatable bonds is 4. The Morgan fingerprint density at radius 1 is 1.14 bits per heavy atom. The van der Waals surface area contributed by atoms with Gasteiger partial charge in [-0.25, -0.2) is 13.1 Å². The molecule has 2 heterocycles. The highest BCUT2D eigenvalue weighted by atomic mass is 127. The number of aromatic nitrogens is 4. The predicted molar refractivity (Wildman–Crippen MR) is 88.0 cm³/mol. The molecule has 22 heavy (non-hydrogen) atoms. The number of hydrogen-bond donors (Lipinski definition) is 0. The van der Waals surface area contributed by atoms with Gasteiger partial charge in [-0.1, -0.05) is 11.3 Å². The average Bonchev–Trinajstić information content (AvgIpc) is 2.98. The molecule has 0 spiro atoms. The summed E-state index contributed by atoms with van der Waals surface area (Å²) in [4.78, 5) is 4.22. The van der Waals surface area contributed by atoms with Gasteiger partial charge < -0.3 is 0 Å². The Hall–Kier alpha value is -1.81. The van der Waals surface area contributed by atoms with Gasteiger partial charge in [0.05, 0.1) is 17.6 Å². The fourth-order valence-electron chi connectivity index (χ4n) is 1.89. The quantitative estimate of drug-likeness (QED) is 0.598. The number of halogens is 1. The molecular formula is C14H11IN4O2S. The second kappa shape index (κ2) is 6.13. The van der Waals surface area contributed by atoms with Crippen LogP contribution in [0.25, 0.3) is 0 Å². The summed E-state index contributed by atoms with van der Waals surface area (Å²) in [5.41, 5.74) is 0.922. The number of benzene rings is 1. The zero-order chi connectivity index (χ0) is 15.6. The van der Waals surface area contributed by atoms with Gasteiger partial charge in [0.2, 0.25) is 14.9 Å². The van der Waals surface area contributed by atoms with Crippen LogP contribution in [0.2, 0.25) is 0 Å². The normalized spacial score (nSPS) is 11.5. The summed E-state index contributed by atoms with van der Waals surface area (Å²) in [6.45, 7) is 0.420. The zero-order valence-electron chi connectivity index (χ0n) is 11.3. The maximum Gasteiger partial charge on any atom is 0.227 e. The summed E-state index contributed by atoms with van der Waals surface area (Å²) in [5.74, 6) is 0. The van der Waals surface area contributed by atoms with Crippen LogP contribution in [0.1, 0.15) is 5.56 Å². The lowest BCUT2D eigenvalue weighted by Gasteiger charge is -2.01. The van der Waals surface area contributed by atoms with Gasteiger partial charge in [-0.05, 0) is 58.5 Å². The molecule has 2 aromatic heterocycles. The molecule has 3 aromatic rings. The molecule has 1 aromatic carbocycles. The van der Waals surface area contributed by atoms with Crippen molar-refractivity contribution < 1.29 is 8.42 Å². The Morgan fingerprint density at radius 2 is 1.91 bits per heavy atom. The average molecular weight is 426 g/mol. The first-order valence-corrected chi connectivity index (χ1v) is 8.91. The van der Waals surface area contributed by atoms with Crippen LogP contribution < -0.4 is 0 Å². The van der Waals surface area contributed by atoms with Gasteiger partial charge in [0.1, 0.15) is 0 Å². The van der Waals surface area contributed by atoms with E-state index in [9.17, 15) is 8.42 Å². The van der Waals surface area contributed by atoms with Crippen molar-refractivity contribution in [2.45, 2.75) is 16.5 Å². The van der Waals surface area contributed by atoms with Gasteiger partial charge in [-0.3, -0.25) is 4.98 Å². The van der Waals surface area contributed by atoms with E-state index in [-0.39, 0.29) is 9.92 Å². The monoisotopic (exact) mass is 426 g/mol. The molecule has 0 saturated heterocycles. The lowest BCUT2D eigenvalue weighted by Crippen LogP contribution is -2.03. The number of pyridine rings is 1. The van der Waals surface area contributed by atoms with E-state index in [0.29, 0.717) is 6.54 Å². The topological polar surface area (TPSA) is 77.7 Å². The van der Waals surface area contributed by atoms with Gasteiger partial charge in [0.25, 0.3) is 0 Å². The highest BCUT2D eigenvalue weighted by Gasteiger charge is 2.21. The Kier molecular flexibility index (Phi) is 4.21. The third-order valence-electron chi connectivity index (χ3n) is 2.98. The Morgan fingerprint density at radius 3 is 2.59 bits per heavy atom. The van der Waals surface area contributed by atoms with Gasteiger partial charge in [-0.15, -0.1) is 5.10 Å². The largest absolute Gasteiger partial charge is 0.264 e. The van der Waals surface area contributed by atoms with E-state index in [0.717, 1.165) is 9.13 Å². The van der Waals surface area contributed by atoms with Crippen molar-refractivity contribution in [2.24, 2.45) is 0 Å². The molecule has 0 aliphatic carbocycles. The molecule has 0 N–H and O–H groups in total. The molecule has 0 unspecified atom stereocenters. The summed E-state index contributed by atoms with van der Waals surface area (Å²) in [7, 11) is -3.64. The standard InChI is InChI=1S/C14H11IN4O2S/c15-12-3-5-13(6-4-12)22(20,21)14-10-19(18-17-14)9-11-2-1-7-16-8-11/h1-8,10H,9H2. The lowest BCUT2D eigenvalue weighted by atomic mass is 10.3. The zero-order valence-corrected chi connectivity index (χ0v) is 14.3. The van der Waals surface area contributed by atoms with Gasteiger partial charge in [0, 0.05) is 16.0 Å². The minimum atomic E-state index is -3.64. The van der Waals surface area contributed by atoms with E-state index in [2.05, 4.69) is 37.9 Å². The SMILES string of the molecule is O=S(=O)(c1ccc(I)cc1)c1cn(Cc2cccnc2)nn1. The fraction of sp³-hybridized carbons (Fsp3) is 0.0714. The van der Waals surface area contributed by atoms with E-state index >= 15 is 0 Å². The maximum absolute atomic E-state index is 12.5. The molecule has 0 aliphatic heterocycles. The first-order chi connectivity index (χ1) is 10.6. The predicted octanol–water partition coefficient (Wildman–Crippen LogP) is 2.16. The third-order valence-corrected chi connectivity index (χ3v) is 5.33. The number of hydrogen-bond acceptors (Lipinski definition) is 5. The van der Waals surface area contributed by atoms with Crippen molar-refractivity contribution >= 4 is 32.4 Å². The maximum atomic E-state index is 12.5. The Labute approximate surface area is 141 Å². The van der Waals surface area contributed by atoms with Crippen molar-refractivity contribution in [1.82, 2.24) is 20.0 Å².